The smallest absolute Gasteiger partial charge is 0.222 e. The van der Waals surface area contributed by atoms with Gasteiger partial charge in [-0.15, -0.1) is 0 Å². The topological polar surface area (TPSA) is 45.9 Å². The lowest BCUT2D eigenvalue weighted by molar-refractivity contribution is -0.133. The molecule has 3 aliphatic rings. The molecule has 5 heteroatoms. The van der Waals surface area contributed by atoms with E-state index in [0.717, 1.165) is 70.3 Å². The van der Waals surface area contributed by atoms with Crippen LogP contribution in [-0.4, -0.2) is 55.1 Å². The quantitative estimate of drug-likeness (QED) is 0.849. The van der Waals surface area contributed by atoms with Crippen LogP contribution in [0.2, 0.25) is 0 Å². The Labute approximate surface area is 143 Å². The number of carbonyl (C=O) groups is 1. The lowest BCUT2D eigenvalue weighted by Gasteiger charge is -2.33. The van der Waals surface area contributed by atoms with Crippen LogP contribution in [-0.2, 0) is 16.1 Å². The van der Waals surface area contributed by atoms with Crippen molar-refractivity contribution in [3.05, 3.63) is 23.7 Å². The van der Waals surface area contributed by atoms with Crippen LogP contribution in [0.1, 0.15) is 30.8 Å². The summed E-state index contributed by atoms with van der Waals surface area (Å²) in [7, 11) is 0. The number of amides is 1. The zero-order valence-corrected chi connectivity index (χ0v) is 14.6. The minimum Gasteiger partial charge on any atom is -0.465 e. The van der Waals surface area contributed by atoms with Gasteiger partial charge in [-0.3, -0.25) is 9.69 Å². The van der Waals surface area contributed by atoms with Gasteiger partial charge in [0.2, 0.25) is 5.91 Å². The number of hydrogen-bond donors (Lipinski definition) is 0. The molecule has 24 heavy (non-hydrogen) atoms. The maximum atomic E-state index is 12.5. The molecule has 0 spiro atoms. The highest BCUT2D eigenvalue weighted by Gasteiger charge is 2.42. The van der Waals surface area contributed by atoms with E-state index in [1.54, 1.807) is 0 Å². The van der Waals surface area contributed by atoms with Crippen molar-refractivity contribution >= 4 is 5.91 Å². The standard InChI is InChI=1S/C19H28N2O3/c1-14-4-5-17(24-14)10-20-9-16-13-23-12-15(18(16)11-20)8-19(22)21-6-2-3-7-21/h4-5,15-16,18H,2-3,6-13H2,1H3/t15-,16-,18+/m1/s1. The number of furan rings is 1. The van der Waals surface area contributed by atoms with Crippen molar-refractivity contribution in [1.82, 2.24) is 9.80 Å². The van der Waals surface area contributed by atoms with E-state index in [1.807, 2.05) is 17.9 Å². The summed E-state index contributed by atoms with van der Waals surface area (Å²) in [5.74, 6) is 3.87. The van der Waals surface area contributed by atoms with E-state index in [2.05, 4.69) is 11.0 Å². The van der Waals surface area contributed by atoms with Crippen molar-refractivity contribution in [2.75, 3.05) is 39.4 Å². The Kier molecular flexibility index (Phi) is 4.63. The van der Waals surface area contributed by atoms with Crippen molar-refractivity contribution in [2.24, 2.45) is 17.8 Å². The van der Waals surface area contributed by atoms with Gasteiger partial charge in [-0.05, 0) is 49.7 Å². The molecule has 4 rings (SSSR count). The predicted octanol–water partition coefficient (Wildman–Crippen LogP) is 2.29. The molecule has 1 amide bonds. The van der Waals surface area contributed by atoms with Gasteiger partial charge >= 0.3 is 0 Å². The maximum absolute atomic E-state index is 12.5. The molecule has 0 radical (unpaired) electrons. The Morgan fingerprint density at radius 3 is 2.79 bits per heavy atom. The first-order valence-corrected chi connectivity index (χ1v) is 9.32. The van der Waals surface area contributed by atoms with Crippen LogP contribution >= 0.6 is 0 Å². The van der Waals surface area contributed by atoms with Gasteiger partial charge in [0.1, 0.15) is 11.5 Å². The molecule has 1 aromatic heterocycles. The van der Waals surface area contributed by atoms with Crippen molar-refractivity contribution in [3.63, 3.8) is 0 Å². The number of rotatable bonds is 4. The fraction of sp³-hybridized carbons (Fsp3) is 0.737. The second-order valence-electron chi connectivity index (χ2n) is 7.72. The van der Waals surface area contributed by atoms with E-state index < -0.39 is 0 Å². The largest absolute Gasteiger partial charge is 0.465 e. The van der Waals surface area contributed by atoms with Gasteiger partial charge in [-0.1, -0.05) is 0 Å². The average Bonchev–Trinajstić information content (AvgIpc) is 3.28. The summed E-state index contributed by atoms with van der Waals surface area (Å²) >= 11 is 0. The molecule has 3 saturated heterocycles. The summed E-state index contributed by atoms with van der Waals surface area (Å²) in [5, 5.41) is 0. The van der Waals surface area contributed by atoms with Gasteiger partial charge in [0.25, 0.3) is 0 Å². The summed E-state index contributed by atoms with van der Waals surface area (Å²) in [5.41, 5.74) is 0. The number of aryl methyl sites for hydroxylation is 1. The molecule has 0 bridgehead atoms. The van der Waals surface area contributed by atoms with Crippen molar-refractivity contribution in [1.29, 1.82) is 0 Å². The van der Waals surface area contributed by atoms with Gasteiger partial charge in [0, 0.05) is 32.6 Å². The van der Waals surface area contributed by atoms with E-state index in [9.17, 15) is 4.79 Å². The molecule has 3 aliphatic heterocycles. The Bertz CT molecular complexity index is 579. The van der Waals surface area contributed by atoms with Gasteiger partial charge in [0.05, 0.1) is 19.8 Å². The van der Waals surface area contributed by atoms with E-state index in [1.165, 1.54) is 0 Å². The van der Waals surface area contributed by atoms with Crippen molar-refractivity contribution < 1.29 is 13.9 Å². The molecular weight excluding hydrogens is 304 g/mol. The molecule has 0 aliphatic carbocycles. The fourth-order valence-electron chi connectivity index (χ4n) is 4.64. The molecular formula is C19H28N2O3. The SMILES string of the molecule is Cc1ccc(CN2C[C@@H]3COC[C@@H](CC(=O)N4CCCC4)[C@@H]3C2)o1. The van der Waals surface area contributed by atoms with Crippen LogP contribution < -0.4 is 0 Å². The number of fused-ring (bicyclic) bond motifs is 1. The van der Waals surface area contributed by atoms with E-state index in [4.69, 9.17) is 9.15 Å². The van der Waals surface area contributed by atoms with Crippen molar-refractivity contribution in [2.45, 2.75) is 32.7 Å². The molecule has 3 atom stereocenters. The average molecular weight is 332 g/mol. The molecule has 3 fully saturated rings. The van der Waals surface area contributed by atoms with Crippen LogP contribution in [0.4, 0.5) is 0 Å². The molecule has 1 aromatic rings. The Morgan fingerprint density at radius 2 is 2.04 bits per heavy atom. The minimum absolute atomic E-state index is 0.335. The lowest BCUT2D eigenvalue weighted by atomic mass is 9.81. The first kappa shape index (κ1) is 16.2. The first-order valence-electron chi connectivity index (χ1n) is 9.32. The van der Waals surface area contributed by atoms with Crippen LogP contribution in [0.25, 0.3) is 0 Å². The first-order chi connectivity index (χ1) is 11.7. The normalized spacial score (nSPS) is 30.7. The second-order valence-corrected chi connectivity index (χ2v) is 7.72. The third-order valence-electron chi connectivity index (χ3n) is 5.91. The number of nitrogens with zero attached hydrogens (tertiary/aromatic N) is 2. The van der Waals surface area contributed by atoms with Crippen LogP contribution in [0, 0.1) is 24.7 Å². The van der Waals surface area contributed by atoms with Gasteiger partial charge in [-0.25, -0.2) is 0 Å². The fourth-order valence-corrected chi connectivity index (χ4v) is 4.64. The summed E-state index contributed by atoms with van der Waals surface area (Å²) < 4.78 is 11.6. The van der Waals surface area contributed by atoms with Crippen LogP contribution in [0.3, 0.4) is 0 Å². The van der Waals surface area contributed by atoms with Gasteiger partial charge in [-0.2, -0.15) is 0 Å². The number of likely N-dealkylation sites (tertiary alicyclic amines) is 2. The molecule has 0 N–H and O–H groups in total. The third-order valence-corrected chi connectivity index (χ3v) is 5.91. The molecule has 0 aromatic carbocycles. The summed E-state index contributed by atoms with van der Waals surface area (Å²) in [6.45, 7) is 8.45. The highest BCUT2D eigenvalue weighted by molar-refractivity contribution is 5.76. The molecule has 5 nitrogen and oxygen atoms in total. The summed E-state index contributed by atoms with van der Waals surface area (Å²) in [6, 6.07) is 4.10. The summed E-state index contributed by atoms with van der Waals surface area (Å²) in [4.78, 5) is 17.0. The highest BCUT2D eigenvalue weighted by atomic mass is 16.5. The van der Waals surface area contributed by atoms with Crippen LogP contribution in [0.15, 0.2) is 16.5 Å². The van der Waals surface area contributed by atoms with E-state index in [-0.39, 0.29) is 0 Å². The number of ether oxygens (including phenoxy) is 1. The van der Waals surface area contributed by atoms with Crippen molar-refractivity contribution in [3.8, 4) is 0 Å². The Hall–Kier alpha value is -1.33. The minimum atomic E-state index is 0.335. The lowest BCUT2D eigenvalue weighted by Crippen LogP contribution is -2.39. The Morgan fingerprint density at radius 1 is 1.21 bits per heavy atom. The monoisotopic (exact) mass is 332 g/mol. The highest BCUT2D eigenvalue weighted by Crippen LogP contribution is 2.36. The number of carbonyl (C=O) groups excluding carboxylic acids is 1. The van der Waals surface area contributed by atoms with E-state index in [0.29, 0.717) is 30.1 Å². The molecule has 4 heterocycles. The predicted molar refractivity (Wildman–Crippen MR) is 90.4 cm³/mol. The van der Waals surface area contributed by atoms with E-state index >= 15 is 0 Å². The molecule has 0 saturated carbocycles. The second kappa shape index (κ2) is 6.89. The Balaban J connectivity index is 1.36. The van der Waals surface area contributed by atoms with Gasteiger partial charge in [0.15, 0.2) is 0 Å². The third kappa shape index (κ3) is 3.38. The number of hydrogen-bond acceptors (Lipinski definition) is 4. The molecule has 132 valence electrons. The molecule has 0 unspecified atom stereocenters. The van der Waals surface area contributed by atoms with Gasteiger partial charge < -0.3 is 14.1 Å². The summed E-state index contributed by atoms with van der Waals surface area (Å²) in [6.07, 6.45) is 2.99. The van der Waals surface area contributed by atoms with Crippen LogP contribution in [0.5, 0.6) is 0 Å². The zero-order chi connectivity index (χ0) is 16.5. The zero-order valence-electron chi connectivity index (χ0n) is 14.6. The maximum Gasteiger partial charge on any atom is 0.222 e.